The van der Waals surface area contributed by atoms with Gasteiger partial charge in [0.05, 0.1) is 24.2 Å². The fourth-order valence-electron chi connectivity index (χ4n) is 3.96. The molecule has 5 nitrogen and oxygen atoms in total. The molecular weight excluding hydrogens is 374 g/mol. The maximum absolute atomic E-state index is 13.0. The number of carbonyl (C=O) groups excluding carboxylic acids is 2. The van der Waals surface area contributed by atoms with Gasteiger partial charge in [0.15, 0.2) is 0 Å². The maximum Gasteiger partial charge on any atom is 0.225 e. The first-order valence-electron chi connectivity index (χ1n) is 11.0. The largest absolute Gasteiger partial charge is 0.349 e. The Labute approximate surface area is 179 Å². The van der Waals surface area contributed by atoms with E-state index in [0.717, 1.165) is 17.7 Å². The molecule has 0 bridgehead atoms. The van der Waals surface area contributed by atoms with E-state index in [0.29, 0.717) is 19.0 Å². The third kappa shape index (κ3) is 5.26. The van der Waals surface area contributed by atoms with Crippen LogP contribution in [0.1, 0.15) is 69.3 Å². The minimum atomic E-state index is -0.318. The lowest BCUT2D eigenvalue weighted by atomic mass is 9.91. The zero-order chi connectivity index (χ0) is 21.7. The van der Waals surface area contributed by atoms with Crippen molar-refractivity contribution in [2.75, 3.05) is 6.54 Å². The minimum Gasteiger partial charge on any atom is -0.349 e. The number of likely N-dealkylation sites (tertiary alicyclic amines) is 1. The number of carbonyl (C=O) groups is 2. The molecule has 3 atom stereocenters. The summed E-state index contributed by atoms with van der Waals surface area (Å²) in [7, 11) is 0. The van der Waals surface area contributed by atoms with Crippen molar-refractivity contribution in [2.24, 2.45) is 11.8 Å². The second-order valence-corrected chi connectivity index (χ2v) is 8.70. The highest BCUT2D eigenvalue weighted by atomic mass is 16.2. The van der Waals surface area contributed by atoms with E-state index in [1.807, 2.05) is 18.2 Å². The van der Waals surface area contributed by atoms with Gasteiger partial charge in [-0.25, -0.2) is 0 Å². The van der Waals surface area contributed by atoms with Crippen LogP contribution in [0.3, 0.4) is 0 Å². The van der Waals surface area contributed by atoms with Crippen LogP contribution in [0.2, 0.25) is 0 Å². The number of nitrogens with one attached hydrogen (secondary N) is 1. The third-order valence-electron chi connectivity index (χ3n) is 6.11. The molecule has 5 heteroatoms. The summed E-state index contributed by atoms with van der Waals surface area (Å²) < 4.78 is 0. The highest BCUT2D eigenvalue weighted by Crippen LogP contribution is 2.27. The molecule has 2 aromatic rings. The molecule has 160 valence electrons. The minimum absolute atomic E-state index is 0.0137. The van der Waals surface area contributed by atoms with Crippen molar-refractivity contribution < 1.29 is 9.59 Å². The van der Waals surface area contributed by atoms with Gasteiger partial charge in [-0.2, -0.15) is 0 Å². The fraction of sp³-hybridized carbons (Fsp3) is 0.480. The second-order valence-electron chi connectivity index (χ2n) is 8.70. The maximum atomic E-state index is 13.0. The van der Waals surface area contributed by atoms with E-state index >= 15 is 0 Å². The van der Waals surface area contributed by atoms with Gasteiger partial charge in [-0.3, -0.25) is 14.6 Å². The summed E-state index contributed by atoms with van der Waals surface area (Å²) in [6, 6.07) is 14.2. The zero-order valence-corrected chi connectivity index (χ0v) is 18.5. The molecule has 1 aliphatic heterocycles. The van der Waals surface area contributed by atoms with E-state index in [2.05, 4.69) is 62.3 Å². The molecule has 2 heterocycles. The molecular formula is C25H33N3O2. The number of aromatic nitrogens is 1. The molecule has 1 aromatic carbocycles. The molecule has 0 aliphatic carbocycles. The Hall–Kier alpha value is -2.69. The first kappa shape index (κ1) is 22.0. The molecule has 0 radical (unpaired) electrons. The molecule has 0 spiro atoms. The zero-order valence-electron chi connectivity index (χ0n) is 18.5. The van der Waals surface area contributed by atoms with Crippen LogP contribution < -0.4 is 5.32 Å². The molecule has 3 rings (SSSR count). The summed E-state index contributed by atoms with van der Waals surface area (Å²) in [6.07, 6.45) is 3.09. The summed E-state index contributed by atoms with van der Waals surface area (Å²) >= 11 is 0. The number of amides is 2. The van der Waals surface area contributed by atoms with E-state index in [9.17, 15) is 9.59 Å². The van der Waals surface area contributed by atoms with Gasteiger partial charge in [-0.1, -0.05) is 58.0 Å². The summed E-state index contributed by atoms with van der Waals surface area (Å²) in [6.45, 7) is 9.54. The smallest absolute Gasteiger partial charge is 0.225 e. The number of pyridine rings is 1. The SMILES string of the molecule is CCC(C)c1ccc(C(NC(=O)C2CC(=O)N(Cc3ccccn3)C2)C(C)C)cc1. The van der Waals surface area contributed by atoms with E-state index in [1.165, 1.54) is 5.56 Å². The van der Waals surface area contributed by atoms with Crippen molar-refractivity contribution in [3.8, 4) is 0 Å². The van der Waals surface area contributed by atoms with E-state index in [-0.39, 0.29) is 36.1 Å². The first-order chi connectivity index (χ1) is 14.4. The lowest BCUT2D eigenvalue weighted by molar-refractivity contribution is -0.129. The topological polar surface area (TPSA) is 62.3 Å². The third-order valence-corrected chi connectivity index (χ3v) is 6.11. The summed E-state index contributed by atoms with van der Waals surface area (Å²) in [5, 5.41) is 3.21. The fourth-order valence-corrected chi connectivity index (χ4v) is 3.96. The molecule has 1 aromatic heterocycles. The number of rotatable bonds is 8. The van der Waals surface area contributed by atoms with Gasteiger partial charge >= 0.3 is 0 Å². The van der Waals surface area contributed by atoms with Gasteiger partial charge in [0, 0.05) is 19.2 Å². The first-order valence-corrected chi connectivity index (χ1v) is 11.0. The van der Waals surface area contributed by atoms with Crippen LogP contribution >= 0.6 is 0 Å². The van der Waals surface area contributed by atoms with E-state index < -0.39 is 0 Å². The average molecular weight is 408 g/mol. The number of benzene rings is 1. The average Bonchev–Trinajstić information content (AvgIpc) is 3.12. The monoisotopic (exact) mass is 407 g/mol. The Morgan fingerprint density at radius 1 is 1.13 bits per heavy atom. The highest BCUT2D eigenvalue weighted by Gasteiger charge is 2.35. The normalized spacial score (nSPS) is 18.5. The Morgan fingerprint density at radius 3 is 2.43 bits per heavy atom. The molecule has 0 saturated carbocycles. The molecule has 1 saturated heterocycles. The summed E-state index contributed by atoms with van der Waals surface area (Å²) in [5.74, 6) is 0.434. The summed E-state index contributed by atoms with van der Waals surface area (Å²) in [5.41, 5.74) is 3.27. The Balaban J connectivity index is 1.64. The molecule has 1 aliphatic rings. The quantitative estimate of drug-likeness (QED) is 0.703. The number of nitrogens with zero attached hydrogens (tertiary/aromatic N) is 2. The van der Waals surface area contributed by atoms with Crippen molar-refractivity contribution >= 4 is 11.8 Å². The lowest BCUT2D eigenvalue weighted by Crippen LogP contribution is -2.37. The van der Waals surface area contributed by atoms with Gasteiger partial charge in [-0.05, 0) is 41.5 Å². The molecule has 2 amide bonds. The number of hydrogen-bond acceptors (Lipinski definition) is 3. The molecule has 1 fully saturated rings. The predicted octanol–water partition coefficient (Wildman–Crippen LogP) is 4.46. The van der Waals surface area contributed by atoms with Gasteiger partial charge in [0.25, 0.3) is 0 Å². The van der Waals surface area contributed by atoms with Gasteiger partial charge in [-0.15, -0.1) is 0 Å². The Bertz CT molecular complexity index is 848. The van der Waals surface area contributed by atoms with Gasteiger partial charge in [0.2, 0.25) is 11.8 Å². The predicted molar refractivity (Wildman–Crippen MR) is 119 cm³/mol. The van der Waals surface area contributed by atoms with Crippen LogP contribution in [0, 0.1) is 11.8 Å². The van der Waals surface area contributed by atoms with E-state index in [1.54, 1.807) is 11.1 Å². The van der Waals surface area contributed by atoms with Gasteiger partial charge < -0.3 is 10.2 Å². The van der Waals surface area contributed by atoms with Crippen LogP contribution in [0.4, 0.5) is 0 Å². The Kier molecular flexibility index (Phi) is 7.24. The Morgan fingerprint density at radius 2 is 1.83 bits per heavy atom. The van der Waals surface area contributed by atoms with Crippen LogP contribution in [-0.2, 0) is 16.1 Å². The lowest BCUT2D eigenvalue weighted by Gasteiger charge is -2.25. The highest BCUT2D eigenvalue weighted by molar-refractivity contribution is 5.89. The van der Waals surface area contributed by atoms with E-state index in [4.69, 9.17) is 0 Å². The van der Waals surface area contributed by atoms with Crippen molar-refractivity contribution in [1.29, 1.82) is 0 Å². The van der Waals surface area contributed by atoms with Crippen molar-refractivity contribution in [2.45, 2.75) is 59.0 Å². The van der Waals surface area contributed by atoms with Crippen molar-refractivity contribution in [1.82, 2.24) is 15.2 Å². The van der Waals surface area contributed by atoms with Crippen molar-refractivity contribution in [3.63, 3.8) is 0 Å². The molecule has 30 heavy (non-hydrogen) atoms. The summed E-state index contributed by atoms with van der Waals surface area (Å²) in [4.78, 5) is 31.4. The second kappa shape index (κ2) is 9.88. The van der Waals surface area contributed by atoms with Gasteiger partial charge in [0.1, 0.15) is 0 Å². The van der Waals surface area contributed by atoms with Crippen LogP contribution in [-0.4, -0.2) is 28.2 Å². The van der Waals surface area contributed by atoms with Crippen LogP contribution in [0.25, 0.3) is 0 Å². The van der Waals surface area contributed by atoms with Crippen LogP contribution in [0.5, 0.6) is 0 Å². The van der Waals surface area contributed by atoms with Crippen LogP contribution in [0.15, 0.2) is 48.7 Å². The van der Waals surface area contributed by atoms with Crippen molar-refractivity contribution in [3.05, 3.63) is 65.5 Å². The molecule has 3 unspecified atom stereocenters. The number of hydrogen-bond donors (Lipinski definition) is 1. The molecule has 1 N–H and O–H groups in total. The standard InChI is InChI=1S/C25H33N3O2/c1-5-18(4)19-9-11-20(12-10-19)24(17(2)3)27-25(30)21-14-23(29)28(15-21)16-22-8-6-7-13-26-22/h6-13,17-18,21,24H,5,14-16H2,1-4H3,(H,27,30).